The Balaban J connectivity index is 2.97. The molecule has 0 aliphatic rings. The molecule has 1 aromatic carbocycles. The summed E-state index contributed by atoms with van der Waals surface area (Å²) in [6.45, 7) is 2.20. The van der Waals surface area contributed by atoms with Crippen LogP contribution >= 0.6 is 11.6 Å². The first-order valence-corrected chi connectivity index (χ1v) is 5.67. The van der Waals surface area contributed by atoms with E-state index < -0.39 is 0 Å². The maximum atomic E-state index is 12.0. The van der Waals surface area contributed by atoms with Crippen molar-refractivity contribution in [2.75, 3.05) is 20.8 Å². The average Bonchev–Trinajstić information content (AvgIpc) is 2.34. The van der Waals surface area contributed by atoms with Crippen molar-refractivity contribution in [1.82, 2.24) is 5.32 Å². The van der Waals surface area contributed by atoms with Crippen LogP contribution in [-0.4, -0.2) is 32.0 Å². The molecule has 1 aromatic rings. The molecule has 0 radical (unpaired) electrons. The van der Waals surface area contributed by atoms with Crippen LogP contribution in [0.2, 0.25) is 0 Å². The molecule has 0 aliphatic heterocycles. The second kappa shape index (κ2) is 6.35. The van der Waals surface area contributed by atoms with Gasteiger partial charge in [0.15, 0.2) is 0 Å². The van der Waals surface area contributed by atoms with Crippen molar-refractivity contribution in [2.45, 2.75) is 12.3 Å². The molecule has 4 nitrogen and oxygen atoms in total. The number of hydrogen-bond acceptors (Lipinski definition) is 3. The minimum atomic E-state index is -0.258. The molecule has 1 amide bonds. The number of halogens is 1. The molecular formula is C12H16ClNO3. The minimum absolute atomic E-state index is 0.125. The normalized spacial score (nSPS) is 11.8. The number of carbonyl (C=O) groups is 1. The van der Waals surface area contributed by atoms with E-state index >= 15 is 0 Å². The number of carbonyl (C=O) groups excluding carboxylic acids is 1. The Labute approximate surface area is 106 Å². The summed E-state index contributed by atoms with van der Waals surface area (Å²) in [7, 11) is 3.02. The van der Waals surface area contributed by atoms with Gasteiger partial charge in [0.25, 0.3) is 5.91 Å². The summed E-state index contributed by atoms with van der Waals surface area (Å²) in [6, 6.07) is 5.18. The SMILES string of the molecule is COc1cccc(OC)c1C(=O)NCC(C)Cl. The third-order valence-corrected chi connectivity index (χ3v) is 2.35. The molecule has 1 N–H and O–H groups in total. The van der Waals surface area contributed by atoms with Gasteiger partial charge in [-0.25, -0.2) is 0 Å². The van der Waals surface area contributed by atoms with E-state index in [0.29, 0.717) is 23.6 Å². The van der Waals surface area contributed by atoms with E-state index in [0.717, 1.165) is 0 Å². The molecule has 1 atom stereocenters. The van der Waals surface area contributed by atoms with Gasteiger partial charge in [-0.15, -0.1) is 11.6 Å². The smallest absolute Gasteiger partial charge is 0.258 e. The molecule has 0 bridgehead atoms. The van der Waals surface area contributed by atoms with Crippen LogP contribution in [0, 0.1) is 0 Å². The Morgan fingerprint density at radius 2 is 1.88 bits per heavy atom. The zero-order valence-corrected chi connectivity index (χ0v) is 10.9. The van der Waals surface area contributed by atoms with Gasteiger partial charge in [-0.1, -0.05) is 6.07 Å². The van der Waals surface area contributed by atoms with Crippen molar-refractivity contribution < 1.29 is 14.3 Å². The number of ether oxygens (including phenoxy) is 2. The molecule has 0 saturated heterocycles. The average molecular weight is 258 g/mol. The first-order chi connectivity index (χ1) is 8.10. The van der Waals surface area contributed by atoms with Crippen molar-refractivity contribution in [3.8, 4) is 11.5 Å². The largest absolute Gasteiger partial charge is 0.496 e. The van der Waals surface area contributed by atoms with Crippen molar-refractivity contribution >= 4 is 17.5 Å². The van der Waals surface area contributed by atoms with Crippen LogP contribution in [0.5, 0.6) is 11.5 Å². The van der Waals surface area contributed by atoms with Crippen molar-refractivity contribution in [3.05, 3.63) is 23.8 Å². The van der Waals surface area contributed by atoms with Gasteiger partial charge in [-0.3, -0.25) is 4.79 Å². The van der Waals surface area contributed by atoms with Crippen LogP contribution in [0.3, 0.4) is 0 Å². The highest BCUT2D eigenvalue weighted by molar-refractivity contribution is 6.20. The first-order valence-electron chi connectivity index (χ1n) is 5.23. The number of alkyl halides is 1. The van der Waals surface area contributed by atoms with Gasteiger partial charge in [0, 0.05) is 11.9 Å². The summed E-state index contributed by atoms with van der Waals surface area (Å²) in [5.41, 5.74) is 0.384. The second-order valence-electron chi connectivity index (χ2n) is 3.53. The Bertz CT molecular complexity index is 371. The predicted octanol–water partition coefficient (Wildman–Crippen LogP) is 2.06. The van der Waals surface area contributed by atoms with E-state index in [4.69, 9.17) is 21.1 Å². The van der Waals surface area contributed by atoms with Crippen LogP contribution in [-0.2, 0) is 0 Å². The van der Waals surface area contributed by atoms with Gasteiger partial charge in [0.2, 0.25) is 0 Å². The number of methoxy groups -OCH3 is 2. The predicted molar refractivity (Wildman–Crippen MR) is 67.2 cm³/mol. The van der Waals surface area contributed by atoms with Gasteiger partial charge in [-0.2, -0.15) is 0 Å². The van der Waals surface area contributed by atoms with Crippen LogP contribution < -0.4 is 14.8 Å². The highest BCUT2D eigenvalue weighted by Gasteiger charge is 2.17. The number of hydrogen-bond donors (Lipinski definition) is 1. The summed E-state index contributed by atoms with van der Waals surface area (Å²) in [4.78, 5) is 12.0. The van der Waals surface area contributed by atoms with Gasteiger partial charge >= 0.3 is 0 Å². The van der Waals surface area contributed by atoms with E-state index in [1.165, 1.54) is 14.2 Å². The third-order valence-electron chi connectivity index (χ3n) is 2.20. The lowest BCUT2D eigenvalue weighted by molar-refractivity contribution is 0.0947. The summed E-state index contributed by atoms with van der Waals surface area (Å²) >= 11 is 5.78. The topological polar surface area (TPSA) is 47.6 Å². The summed E-state index contributed by atoms with van der Waals surface area (Å²) in [6.07, 6.45) is 0. The van der Waals surface area contributed by atoms with E-state index in [2.05, 4.69) is 5.32 Å². The summed E-state index contributed by atoms with van der Waals surface area (Å²) < 4.78 is 10.3. The Morgan fingerprint density at radius 3 is 2.29 bits per heavy atom. The molecule has 0 aliphatic carbocycles. The highest BCUT2D eigenvalue weighted by atomic mass is 35.5. The molecule has 1 rings (SSSR count). The Kier molecular flexibility index (Phi) is 5.10. The molecule has 1 unspecified atom stereocenters. The Morgan fingerprint density at radius 1 is 1.35 bits per heavy atom. The highest BCUT2D eigenvalue weighted by Crippen LogP contribution is 2.27. The fourth-order valence-electron chi connectivity index (χ4n) is 1.40. The van der Waals surface area contributed by atoms with Crippen LogP contribution in [0.4, 0.5) is 0 Å². The van der Waals surface area contributed by atoms with E-state index in [9.17, 15) is 4.79 Å². The molecule has 17 heavy (non-hydrogen) atoms. The first kappa shape index (κ1) is 13.6. The zero-order valence-electron chi connectivity index (χ0n) is 10.1. The van der Waals surface area contributed by atoms with Crippen LogP contribution in [0.1, 0.15) is 17.3 Å². The lowest BCUT2D eigenvalue weighted by Crippen LogP contribution is -2.29. The number of rotatable bonds is 5. The van der Waals surface area contributed by atoms with E-state index in [1.54, 1.807) is 25.1 Å². The van der Waals surface area contributed by atoms with E-state index in [-0.39, 0.29) is 11.3 Å². The maximum Gasteiger partial charge on any atom is 0.258 e. The fraction of sp³-hybridized carbons (Fsp3) is 0.417. The van der Waals surface area contributed by atoms with E-state index in [1.807, 2.05) is 0 Å². The molecular weight excluding hydrogens is 242 g/mol. The maximum absolute atomic E-state index is 12.0. The molecule has 0 saturated carbocycles. The van der Waals surface area contributed by atoms with Crippen LogP contribution in [0.15, 0.2) is 18.2 Å². The molecule has 94 valence electrons. The zero-order chi connectivity index (χ0) is 12.8. The third kappa shape index (κ3) is 3.53. The van der Waals surface area contributed by atoms with Crippen molar-refractivity contribution in [2.24, 2.45) is 0 Å². The lowest BCUT2D eigenvalue weighted by Gasteiger charge is -2.13. The van der Waals surface area contributed by atoms with Gasteiger partial charge in [0.1, 0.15) is 17.1 Å². The van der Waals surface area contributed by atoms with Gasteiger partial charge in [0.05, 0.1) is 14.2 Å². The quantitative estimate of drug-likeness (QED) is 0.822. The van der Waals surface area contributed by atoms with Crippen LogP contribution in [0.25, 0.3) is 0 Å². The number of nitrogens with one attached hydrogen (secondary N) is 1. The standard InChI is InChI=1S/C12H16ClNO3/c1-8(13)7-14-12(15)11-9(16-2)5-4-6-10(11)17-3/h4-6,8H,7H2,1-3H3,(H,14,15). The molecule has 5 heteroatoms. The minimum Gasteiger partial charge on any atom is -0.496 e. The fourth-order valence-corrected chi connectivity index (χ4v) is 1.47. The molecule has 0 fully saturated rings. The van der Waals surface area contributed by atoms with Gasteiger partial charge < -0.3 is 14.8 Å². The lowest BCUT2D eigenvalue weighted by atomic mass is 10.1. The van der Waals surface area contributed by atoms with Crippen molar-refractivity contribution in [3.63, 3.8) is 0 Å². The molecule has 0 aromatic heterocycles. The van der Waals surface area contributed by atoms with Gasteiger partial charge in [-0.05, 0) is 19.1 Å². The molecule has 0 spiro atoms. The number of benzene rings is 1. The Hall–Kier alpha value is -1.42. The second-order valence-corrected chi connectivity index (χ2v) is 4.27. The van der Waals surface area contributed by atoms with Crippen molar-refractivity contribution in [1.29, 1.82) is 0 Å². The summed E-state index contributed by atoms with van der Waals surface area (Å²) in [5.74, 6) is 0.694. The monoisotopic (exact) mass is 257 g/mol. The molecule has 0 heterocycles. The number of amides is 1. The summed E-state index contributed by atoms with van der Waals surface area (Å²) in [5, 5.41) is 2.59.